The maximum Gasteiger partial charge on any atom is 0.271 e. The maximum atomic E-state index is 12.0. The molecule has 0 radical (unpaired) electrons. The van der Waals surface area contributed by atoms with E-state index in [9.17, 15) is 4.79 Å². The number of halogens is 1. The smallest absolute Gasteiger partial charge is 0.271 e. The maximum absolute atomic E-state index is 12.0. The highest BCUT2D eigenvalue weighted by molar-refractivity contribution is 6.30. The molecule has 0 bridgehead atoms. The quantitative estimate of drug-likeness (QED) is 0.946. The zero-order valence-corrected chi connectivity index (χ0v) is 13.3. The van der Waals surface area contributed by atoms with Crippen molar-refractivity contribution in [1.29, 1.82) is 0 Å². The Bertz CT molecular complexity index is 679. The van der Waals surface area contributed by atoms with E-state index in [4.69, 9.17) is 16.3 Å². The van der Waals surface area contributed by atoms with Crippen molar-refractivity contribution in [1.82, 2.24) is 15.1 Å². The van der Waals surface area contributed by atoms with E-state index in [-0.39, 0.29) is 18.1 Å². The highest BCUT2D eigenvalue weighted by atomic mass is 35.5. The van der Waals surface area contributed by atoms with Crippen LogP contribution in [0.1, 0.15) is 41.7 Å². The number of amides is 1. The van der Waals surface area contributed by atoms with Crippen molar-refractivity contribution in [3.63, 3.8) is 0 Å². The predicted octanol–water partition coefficient (Wildman–Crippen LogP) is 2.95. The van der Waals surface area contributed by atoms with Gasteiger partial charge in [-0.2, -0.15) is 5.10 Å². The fourth-order valence-electron chi connectivity index (χ4n) is 2.45. The first-order chi connectivity index (χ1) is 10.5. The van der Waals surface area contributed by atoms with Gasteiger partial charge in [-0.05, 0) is 37.6 Å². The molecule has 1 aliphatic heterocycles. The summed E-state index contributed by atoms with van der Waals surface area (Å²) in [5.41, 5.74) is 2.40. The van der Waals surface area contributed by atoms with Gasteiger partial charge < -0.3 is 10.1 Å². The van der Waals surface area contributed by atoms with Gasteiger partial charge in [0.05, 0.1) is 18.8 Å². The monoisotopic (exact) mass is 319 g/mol. The van der Waals surface area contributed by atoms with Crippen LogP contribution in [0.2, 0.25) is 5.02 Å². The lowest BCUT2D eigenvalue weighted by molar-refractivity contribution is -0.00119. The molecule has 0 saturated carbocycles. The highest BCUT2D eigenvalue weighted by Gasteiger charge is 2.24. The molecule has 0 fully saturated rings. The van der Waals surface area contributed by atoms with Crippen molar-refractivity contribution >= 4 is 17.5 Å². The summed E-state index contributed by atoms with van der Waals surface area (Å²) in [6.45, 7) is 4.88. The number of hydrogen-bond acceptors (Lipinski definition) is 3. The lowest BCUT2D eigenvalue weighted by Gasteiger charge is -2.24. The third-order valence-electron chi connectivity index (χ3n) is 3.53. The standard InChI is InChI=1S/C16H18ClN3O2/c1-10(2)18-16(21)14-7-13-9-22-15(8-20(13)19-14)11-3-5-12(17)6-4-11/h3-7,10,15H,8-9H2,1-2H3,(H,18,21)/t15-/m1/s1. The number of fused-ring (bicyclic) bond motifs is 1. The van der Waals surface area contributed by atoms with Gasteiger partial charge in [-0.25, -0.2) is 0 Å². The molecule has 1 aliphatic rings. The number of rotatable bonds is 3. The van der Waals surface area contributed by atoms with Crippen molar-refractivity contribution < 1.29 is 9.53 Å². The van der Waals surface area contributed by atoms with Crippen LogP contribution in [0.3, 0.4) is 0 Å². The number of hydrogen-bond donors (Lipinski definition) is 1. The van der Waals surface area contributed by atoms with Gasteiger partial charge in [0.25, 0.3) is 5.91 Å². The number of ether oxygens (including phenoxy) is 1. The molecule has 0 unspecified atom stereocenters. The molecule has 2 aromatic rings. The SMILES string of the molecule is CC(C)NC(=O)c1cc2n(n1)C[C@H](c1ccc(Cl)cc1)OC2. The Balaban J connectivity index is 1.77. The second-order valence-electron chi connectivity index (χ2n) is 5.68. The minimum absolute atomic E-state index is 0.0781. The lowest BCUT2D eigenvalue weighted by atomic mass is 10.1. The minimum atomic E-state index is -0.153. The van der Waals surface area contributed by atoms with E-state index in [2.05, 4.69) is 10.4 Å². The van der Waals surface area contributed by atoms with Gasteiger partial charge in [-0.3, -0.25) is 9.48 Å². The number of nitrogens with zero attached hydrogens (tertiary/aromatic N) is 2. The molecule has 5 nitrogen and oxygen atoms in total. The fraction of sp³-hybridized carbons (Fsp3) is 0.375. The molecule has 0 aliphatic carbocycles. The van der Waals surface area contributed by atoms with Crippen molar-refractivity contribution in [2.24, 2.45) is 0 Å². The summed E-state index contributed by atoms with van der Waals surface area (Å²) in [5.74, 6) is -0.153. The van der Waals surface area contributed by atoms with Crippen LogP contribution in [-0.2, 0) is 17.9 Å². The summed E-state index contributed by atoms with van der Waals surface area (Å²) in [4.78, 5) is 12.0. The van der Waals surface area contributed by atoms with Crippen LogP contribution in [0.5, 0.6) is 0 Å². The Hall–Kier alpha value is -1.85. The minimum Gasteiger partial charge on any atom is -0.365 e. The zero-order valence-electron chi connectivity index (χ0n) is 12.5. The van der Waals surface area contributed by atoms with Gasteiger partial charge in [-0.15, -0.1) is 0 Å². The van der Waals surface area contributed by atoms with E-state index in [1.165, 1.54) is 0 Å². The van der Waals surface area contributed by atoms with Crippen LogP contribution in [-0.4, -0.2) is 21.7 Å². The van der Waals surface area contributed by atoms with Gasteiger partial charge in [0.2, 0.25) is 0 Å². The number of aromatic nitrogens is 2. The molecule has 1 amide bonds. The van der Waals surface area contributed by atoms with Crippen LogP contribution in [0.4, 0.5) is 0 Å². The Kier molecular flexibility index (Phi) is 4.18. The normalized spacial score (nSPS) is 17.4. The molecule has 1 N–H and O–H groups in total. The van der Waals surface area contributed by atoms with Gasteiger partial charge in [0, 0.05) is 11.1 Å². The Morgan fingerprint density at radius 2 is 2.14 bits per heavy atom. The summed E-state index contributed by atoms with van der Waals surface area (Å²) < 4.78 is 7.71. The largest absolute Gasteiger partial charge is 0.365 e. The molecule has 0 saturated heterocycles. The van der Waals surface area contributed by atoms with E-state index in [0.717, 1.165) is 11.3 Å². The number of carbonyl (C=O) groups is 1. The Morgan fingerprint density at radius 1 is 1.41 bits per heavy atom. The van der Waals surface area contributed by atoms with E-state index < -0.39 is 0 Å². The predicted molar refractivity (Wildman–Crippen MR) is 83.8 cm³/mol. The van der Waals surface area contributed by atoms with Crippen LogP contribution in [0.25, 0.3) is 0 Å². The molecule has 22 heavy (non-hydrogen) atoms. The topological polar surface area (TPSA) is 56.2 Å². The molecule has 1 atom stereocenters. The van der Waals surface area contributed by atoms with Crippen LogP contribution in [0.15, 0.2) is 30.3 Å². The van der Waals surface area contributed by atoms with Crippen molar-refractivity contribution in [2.75, 3.05) is 0 Å². The number of nitrogens with one attached hydrogen (secondary N) is 1. The number of carbonyl (C=O) groups excluding carboxylic acids is 1. The Labute approximate surface area is 134 Å². The summed E-state index contributed by atoms with van der Waals surface area (Å²) in [7, 11) is 0. The molecule has 116 valence electrons. The second-order valence-corrected chi connectivity index (χ2v) is 6.12. The first-order valence-electron chi connectivity index (χ1n) is 7.27. The van der Waals surface area contributed by atoms with Crippen LogP contribution < -0.4 is 5.32 Å². The molecular weight excluding hydrogens is 302 g/mol. The molecule has 1 aromatic carbocycles. The molecule has 2 heterocycles. The summed E-state index contributed by atoms with van der Waals surface area (Å²) >= 11 is 5.91. The Morgan fingerprint density at radius 3 is 2.82 bits per heavy atom. The van der Waals surface area contributed by atoms with Gasteiger partial charge in [0.1, 0.15) is 6.10 Å². The highest BCUT2D eigenvalue weighted by Crippen LogP contribution is 2.27. The first kappa shape index (κ1) is 15.1. The summed E-state index contributed by atoms with van der Waals surface area (Å²) in [6.07, 6.45) is -0.0781. The van der Waals surface area contributed by atoms with Crippen LogP contribution in [0, 0.1) is 0 Å². The second kappa shape index (κ2) is 6.10. The van der Waals surface area contributed by atoms with Crippen molar-refractivity contribution in [3.8, 4) is 0 Å². The molecule has 3 rings (SSSR count). The number of benzene rings is 1. The van der Waals surface area contributed by atoms with E-state index in [1.54, 1.807) is 6.07 Å². The average molecular weight is 320 g/mol. The third kappa shape index (κ3) is 3.15. The van der Waals surface area contributed by atoms with Gasteiger partial charge in [-0.1, -0.05) is 23.7 Å². The summed E-state index contributed by atoms with van der Waals surface area (Å²) in [6, 6.07) is 9.47. The van der Waals surface area contributed by atoms with Gasteiger partial charge >= 0.3 is 0 Å². The van der Waals surface area contributed by atoms with E-state index >= 15 is 0 Å². The average Bonchev–Trinajstić information content (AvgIpc) is 2.90. The first-order valence-corrected chi connectivity index (χ1v) is 7.65. The van der Waals surface area contributed by atoms with Crippen molar-refractivity contribution in [2.45, 2.75) is 39.1 Å². The van der Waals surface area contributed by atoms with Gasteiger partial charge in [0.15, 0.2) is 5.69 Å². The van der Waals surface area contributed by atoms with Crippen LogP contribution >= 0.6 is 11.6 Å². The van der Waals surface area contributed by atoms with E-state index in [1.807, 2.05) is 42.8 Å². The third-order valence-corrected chi connectivity index (χ3v) is 3.78. The van der Waals surface area contributed by atoms with Crippen molar-refractivity contribution in [3.05, 3.63) is 52.3 Å². The zero-order chi connectivity index (χ0) is 15.7. The molecule has 1 aromatic heterocycles. The van der Waals surface area contributed by atoms with E-state index in [0.29, 0.717) is 23.9 Å². The molecule has 0 spiro atoms. The fourth-order valence-corrected chi connectivity index (χ4v) is 2.58. The molecule has 6 heteroatoms. The summed E-state index contributed by atoms with van der Waals surface area (Å²) in [5, 5.41) is 7.94. The molecular formula is C16H18ClN3O2. The lowest BCUT2D eigenvalue weighted by Crippen LogP contribution is -2.30.